The molecule has 0 atom stereocenters. The Bertz CT molecular complexity index is 475. The van der Waals surface area contributed by atoms with Crippen LogP contribution in [0.2, 0.25) is 0 Å². The lowest BCUT2D eigenvalue weighted by molar-refractivity contribution is -0.141. The fourth-order valence-electron chi connectivity index (χ4n) is 1.62. The van der Waals surface area contributed by atoms with Crippen molar-refractivity contribution in [2.24, 2.45) is 0 Å². The maximum absolute atomic E-state index is 12.6. The molecule has 104 valence electrons. The third-order valence-electron chi connectivity index (χ3n) is 3.47. The molecule has 1 aliphatic heterocycles. The molecule has 4 nitrogen and oxygen atoms in total. The highest BCUT2D eigenvalue weighted by Crippen LogP contribution is 2.36. The van der Waals surface area contributed by atoms with E-state index in [0.717, 1.165) is 12.4 Å². The molecule has 0 aromatic carbocycles. The molecule has 1 aromatic rings. The van der Waals surface area contributed by atoms with Crippen LogP contribution in [0.15, 0.2) is 12.4 Å². The maximum atomic E-state index is 12.6. The van der Waals surface area contributed by atoms with Gasteiger partial charge in [-0.2, -0.15) is 13.2 Å². The van der Waals surface area contributed by atoms with E-state index in [9.17, 15) is 13.2 Å². The van der Waals surface area contributed by atoms with Gasteiger partial charge >= 0.3 is 13.3 Å². The van der Waals surface area contributed by atoms with E-state index in [1.54, 1.807) is 0 Å². The van der Waals surface area contributed by atoms with Gasteiger partial charge in [-0.05, 0) is 33.8 Å². The van der Waals surface area contributed by atoms with Gasteiger partial charge in [0.2, 0.25) is 0 Å². The Morgan fingerprint density at radius 1 is 1.05 bits per heavy atom. The third kappa shape index (κ3) is 2.60. The molecule has 1 fully saturated rings. The van der Waals surface area contributed by atoms with Crippen molar-refractivity contribution in [3.8, 4) is 0 Å². The van der Waals surface area contributed by atoms with Crippen molar-refractivity contribution < 1.29 is 22.5 Å². The number of hydrogen-bond acceptors (Lipinski definition) is 4. The van der Waals surface area contributed by atoms with Crippen LogP contribution in [0.25, 0.3) is 0 Å². The van der Waals surface area contributed by atoms with Gasteiger partial charge in [0.05, 0.1) is 16.8 Å². The van der Waals surface area contributed by atoms with Gasteiger partial charge in [-0.1, -0.05) is 0 Å². The number of rotatable bonds is 1. The second-order valence-corrected chi connectivity index (χ2v) is 5.41. The average molecular weight is 274 g/mol. The first-order valence-corrected chi connectivity index (χ1v) is 5.78. The van der Waals surface area contributed by atoms with E-state index < -0.39 is 30.2 Å². The van der Waals surface area contributed by atoms with Crippen LogP contribution in [-0.4, -0.2) is 28.3 Å². The Hall–Kier alpha value is -1.15. The summed E-state index contributed by atoms with van der Waals surface area (Å²) in [6.45, 7) is 7.27. The van der Waals surface area contributed by atoms with Crippen molar-refractivity contribution in [3.05, 3.63) is 18.1 Å². The summed E-state index contributed by atoms with van der Waals surface area (Å²) in [5.74, 6) is 0. The Morgan fingerprint density at radius 3 is 2.05 bits per heavy atom. The molecule has 0 unspecified atom stereocenters. The van der Waals surface area contributed by atoms with E-state index in [0.29, 0.717) is 0 Å². The molecule has 19 heavy (non-hydrogen) atoms. The fourth-order valence-corrected chi connectivity index (χ4v) is 1.62. The summed E-state index contributed by atoms with van der Waals surface area (Å²) in [4.78, 5) is 7.01. The molecule has 1 saturated heterocycles. The molecule has 1 aromatic heterocycles. The predicted octanol–water partition coefficient (Wildman–Crippen LogP) is 1.79. The smallest absolute Gasteiger partial charge is 0.398 e. The number of hydrogen-bond donors (Lipinski definition) is 0. The second-order valence-electron chi connectivity index (χ2n) is 5.41. The largest absolute Gasteiger partial charge is 0.514 e. The van der Waals surface area contributed by atoms with Crippen LogP contribution < -0.4 is 5.59 Å². The second kappa shape index (κ2) is 4.18. The van der Waals surface area contributed by atoms with Crippen molar-refractivity contribution in [3.63, 3.8) is 0 Å². The lowest BCUT2D eigenvalue weighted by atomic mass is 9.84. The van der Waals surface area contributed by atoms with E-state index in [2.05, 4.69) is 9.97 Å². The van der Waals surface area contributed by atoms with Gasteiger partial charge in [0, 0.05) is 0 Å². The van der Waals surface area contributed by atoms with E-state index in [1.807, 2.05) is 27.7 Å². The fraction of sp³-hybridized carbons (Fsp3) is 0.636. The molecular formula is C11H14BF3N2O2. The minimum Gasteiger partial charge on any atom is -0.398 e. The predicted molar refractivity (Wildman–Crippen MR) is 62.8 cm³/mol. The number of nitrogens with zero attached hydrogens (tertiary/aromatic N) is 2. The Labute approximate surface area is 109 Å². The molecule has 0 saturated carbocycles. The van der Waals surface area contributed by atoms with Crippen molar-refractivity contribution >= 4 is 12.7 Å². The Balaban J connectivity index is 2.30. The van der Waals surface area contributed by atoms with Gasteiger partial charge in [0.25, 0.3) is 0 Å². The topological polar surface area (TPSA) is 44.2 Å². The average Bonchev–Trinajstić information content (AvgIpc) is 2.47. The number of aromatic nitrogens is 2. The van der Waals surface area contributed by atoms with Gasteiger partial charge in [-0.25, -0.2) is 9.97 Å². The van der Waals surface area contributed by atoms with E-state index in [1.165, 1.54) is 0 Å². The van der Waals surface area contributed by atoms with Crippen LogP contribution in [0.5, 0.6) is 0 Å². The van der Waals surface area contributed by atoms with Crippen LogP contribution in [0.1, 0.15) is 33.4 Å². The highest BCUT2D eigenvalue weighted by Gasteiger charge is 2.52. The number of halogens is 3. The molecule has 0 radical (unpaired) electrons. The summed E-state index contributed by atoms with van der Waals surface area (Å²) in [5, 5.41) is 0. The minimum atomic E-state index is -4.51. The van der Waals surface area contributed by atoms with Crippen LogP contribution >= 0.6 is 0 Å². The summed E-state index contributed by atoms with van der Waals surface area (Å²) in [7, 11) is -0.922. The zero-order chi connectivity index (χ0) is 14.5. The zero-order valence-corrected chi connectivity index (χ0v) is 11.1. The van der Waals surface area contributed by atoms with Crippen LogP contribution in [-0.2, 0) is 15.5 Å². The molecule has 0 amide bonds. The monoisotopic (exact) mass is 274 g/mol. The van der Waals surface area contributed by atoms with Gasteiger partial charge < -0.3 is 9.31 Å². The van der Waals surface area contributed by atoms with Crippen molar-refractivity contribution in [2.45, 2.75) is 45.1 Å². The summed E-state index contributed by atoms with van der Waals surface area (Å²) < 4.78 is 49.0. The highest BCUT2D eigenvalue weighted by atomic mass is 19.4. The van der Waals surface area contributed by atoms with Crippen LogP contribution in [0.3, 0.4) is 0 Å². The Kier molecular flexibility index (Phi) is 3.14. The first-order valence-electron chi connectivity index (χ1n) is 5.78. The third-order valence-corrected chi connectivity index (χ3v) is 3.47. The molecule has 1 aliphatic rings. The quantitative estimate of drug-likeness (QED) is 0.732. The first-order chi connectivity index (χ1) is 8.53. The van der Waals surface area contributed by atoms with Gasteiger partial charge in [-0.3, -0.25) is 0 Å². The molecule has 0 N–H and O–H groups in total. The van der Waals surface area contributed by atoms with Crippen molar-refractivity contribution in [2.75, 3.05) is 0 Å². The lowest BCUT2D eigenvalue weighted by Crippen LogP contribution is -2.41. The molecule has 2 heterocycles. The summed E-state index contributed by atoms with van der Waals surface area (Å²) in [6.07, 6.45) is -3.65. The van der Waals surface area contributed by atoms with Gasteiger partial charge in [-0.15, -0.1) is 0 Å². The van der Waals surface area contributed by atoms with E-state index in [4.69, 9.17) is 9.31 Å². The molecule has 8 heteroatoms. The lowest BCUT2D eigenvalue weighted by Gasteiger charge is -2.32. The number of alkyl halides is 3. The Morgan fingerprint density at radius 2 is 1.58 bits per heavy atom. The van der Waals surface area contributed by atoms with Crippen molar-refractivity contribution in [1.29, 1.82) is 0 Å². The molecule has 0 spiro atoms. The van der Waals surface area contributed by atoms with Gasteiger partial charge in [0.15, 0.2) is 0 Å². The van der Waals surface area contributed by atoms with Gasteiger partial charge in [0.1, 0.15) is 12.0 Å². The summed E-state index contributed by atoms with van der Waals surface area (Å²) in [6, 6.07) is 0.849. The van der Waals surface area contributed by atoms with Crippen molar-refractivity contribution in [1.82, 2.24) is 9.97 Å². The van der Waals surface area contributed by atoms with Crippen LogP contribution in [0.4, 0.5) is 13.2 Å². The zero-order valence-electron chi connectivity index (χ0n) is 11.1. The molecular weight excluding hydrogens is 260 g/mol. The summed E-state index contributed by atoms with van der Waals surface area (Å²) in [5.41, 5.74) is -2.18. The van der Waals surface area contributed by atoms with Crippen LogP contribution in [0, 0.1) is 0 Å². The van der Waals surface area contributed by atoms with E-state index in [-0.39, 0.29) is 5.59 Å². The summed E-state index contributed by atoms with van der Waals surface area (Å²) >= 11 is 0. The molecule has 0 aliphatic carbocycles. The minimum absolute atomic E-state index is 0.0703. The van der Waals surface area contributed by atoms with E-state index >= 15 is 0 Å². The molecule has 2 rings (SSSR count). The maximum Gasteiger partial charge on any atom is 0.514 e. The highest BCUT2D eigenvalue weighted by molar-refractivity contribution is 6.61. The first kappa shape index (κ1) is 14.3. The normalized spacial score (nSPS) is 21.7. The molecule has 0 bridgehead atoms. The standard InChI is InChI=1S/C11H14BF3N2O2/c1-9(2)10(3,4)19-12(18-9)8-5-7(11(13,14)15)16-6-17-8/h5-6H,1-4H3. The SMILES string of the molecule is CC1(C)OB(c2cc(C(F)(F)F)ncn2)OC1(C)C.